The molecule has 122 heavy (non-hydrogen) atoms. The number of ether oxygens (including phenoxy) is 2. The molecule has 6 heteroatoms. The summed E-state index contributed by atoms with van der Waals surface area (Å²) in [6.07, 6.45) is 1.14. The molecule has 0 aliphatic heterocycles. The molecule has 622 valence electrons. The highest BCUT2D eigenvalue weighted by molar-refractivity contribution is 5.77. The highest BCUT2D eigenvalue weighted by Crippen LogP contribution is 2.35. The maximum Gasteiger partial charge on any atom is 0.127 e. The highest BCUT2D eigenvalue weighted by atomic mass is 16.5. The summed E-state index contributed by atoms with van der Waals surface area (Å²) in [5.74, 6) is 1.76. The zero-order valence-electron chi connectivity index (χ0n) is 75.5. The van der Waals surface area contributed by atoms with Gasteiger partial charge in [0, 0.05) is 86.5 Å². The Hall–Kier alpha value is -13.5. The number of anilines is 9. The molecule has 16 rings (SSSR count). The average molecular weight is 1610 g/mol. The van der Waals surface area contributed by atoms with E-state index in [1.807, 2.05) is 66.7 Å². The van der Waals surface area contributed by atoms with Crippen LogP contribution in [0.2, 0.25) is 0 Å². The predicted molar refractivity (Wildman–Crippen MR) is 531 cm³/mol. The molecule has 0 spiro atoms. The van der Waals surface area contributed by atoms with Crippen molar-refractivity contribution in [3.05, 3.63) is 484 Å². The molecule has 0 saturated carbocycles. The van der Waals surface area contributed by atoms with Gasteiger partial charge in [0.05, 0.1) is 0 Å². The van der Waals surface area contributed by atoms with Gasteiger partial charge in [-0.25, -0.2) is 0 Å². The van der Waals surface area contributed by atoms with Crippen LogP contribution in [0.4, 0.5) is 51.2 Å². The molecular weight excluding hydrogens is 1480 g/mol. The smallest absolute Gasteiger partial charge is 0.127 e. The molecule has 0 atom stereocenters. The van der Waals surface area contributed by atoms with Gasteiger partial charge < -0.3 is 29.1 Å². The first-order valence-electron chi connectivity index (χ1n) is 42.0. The van der Waals surface area contributed by atoms with Gasteiger partial charge in [-0.2, -0.15) is 0 Å². The molecular formula is C116H126N4O2. The molecule has 0 fully saturated rings. The number of rotatable bonds is 14. The van der Waals surface area contributed by atoms with Crippen molar-refractivity contribution in [2.45, 2.75) is 103 Å². The molecule has 0 unspecified atom stereocenters. The summed E-state index contributed by atoms with van der Waals surface area (Å²) in [4.78, 5) is 8.85. The van der Waals surface area contributed by atoms with Crippen LogP contribution >= 0.6 is 0 Å². The van der Waals surface area contributed by atoms with Gasteiger partial charge in [0.2, 0.25) is 0 Å². The Morgan fingerprint density at radius 3 is 0.582 bits per heavy atom. The molecule has 0 amide bonds. The van der Waals surface area contributed by atoms with Gasteiger partial charge in [-0.1, -0.05) is 352 Å². The predicted octanol–water partition coefficient (Wildman–Crippen LogP) is 32.2. The van der Waals surface area contributed by atoms with Crippen LogP contribution in [0.25, 0.3) is 22.3 Å². The number of para-hydroxylation sites is 2. The van der Waals surface area contributed by atoms with Crippen molar-refractivity contribution in [3.63, 3.8) is 0 Å². The first kappa shape index (κ1) is 94.0. The molecule has 0 aromatic heterocycles. The topological polar surface area (TPSA) is 31.4 Å². The summed E-state index contributed by atoms with van der Waals surface area (Å²) in [6.45, 7) is 29.5. The van der Waals surface area contributed by atoms with E-state index in [-0.39, 0.29) is 0 Å². The second-order valence-corrected chi connectivity index (χ2v) is 31.0. The number of benzene rings is 16. The Morgan fingerprint density at radius 1 is 0.180 bits per heavy atom. The molecule has 0 N–H and O–H groups in total. The number of hydrogen-bond donors (Lipinski definition) is 0. The third kappa shape index (κ3) is 32.7. The van der Waals surface area contributed by atoms with Gasteiger partial charge in [-0.3, -0.25) is 0 Å². The minimum atomic E-state index is 0.879. The molecule has 6 nitrogen and oxygen atoms in total. The molecule has 0 radical (unpaired) electrons. The van der Waals surface area contributed by atoms with Crippen molar-refractivity contribution >= 4 is 51.2 Å². The van der Waals surface area contributed by atoms with E-state index in [1.165, 1.54) is 151 Å². The minimum Gasteiger partial charge on any atom is -0.457 e. The van der Waals surface area contributed by atoms with Crippen LogP contribution in [0.3, 0.4) is 0 Å². The van der Waals surface area contributed by atoms with Gasteiger partial charge in [-0.15, -0.1) is 0 Å². The molecule has 0 saturated heterocycles. The average Bonchev–Trinajstić information content (AvgIpc) is 0.806. The number of hydrogen-bond acceptors (Lipinski definition) is 6. The fourth-order valence-corrected chi connectivity index (χ4v) is 12.4. The van der Waals surface area contributed by atoms with E-state index in [0.29, 0.717) is 0 Å². The largest absolute Gasteiger partial charge is 0.457 e. The normalized spacial score (nSPS) is 9.99. The van der Waals surface area contributed by atoms with Crippen molar-refractivity contribution in [2.24, 2.45) is 0 Å². The summed E-state index contributed by atoms with van der Waals surface area (Å²) >= 11 is 0. The number of nitrogens with zero attached hydrogens (tertiary/aromatic N) is 4. The summed E-state index contributed by atoms with van der Waals surface area (Å²) in [5.41, 5.74) is 34.1. The quantitative estimate of drug-likeness (QED) is 0.108. The van der Waals surface area contributed by atoms with Crippen molar-refractivity contribution in [2.75, 3.05) is 55.0 Å². The fraction of sp³-hybridized carbons (Fsp3) is 0.172. The lowest BCUT2D eigenvalue weighted by Crippen LogP contribution is -2.09. The first-order chi connectivity index (χ1) is 58.9. The van der Waals surface area contributed by atoms with Gasteiger partial charge in [0.1, 0.15) is 11.5 Å². The van der Waals surface area contributed by atoms with Crippen LogP contribution in [0, 0.1) is 90.0 Å². The van der Waals surface area contributed by atoms with E-state index in [9.17, 15) is 0 Å². The SMILES string of the molecule is CCc1ccc(C)cc1.COC.Cc1ccc(-c2ccc(C)cc2)cc1.Cc1ccc(C)cc1.Cc1ccc(N(C)c2ccc(-c3ccccc3)cc2)cc1.Cc1ccc(N(C)c2ccc(C)cc2)cc1.Cc1ccc(N(C)c2ccccc2)cc1.Cc1ccc(N(c2ccccc2)c2ccc(C)cc2)cc1.Cc1ccc(Oc2ccc(C)cc2)cc1. The third-order valence-electron chi connectivity index (χ3n) is 20.3. The lowest BCUT2D eigenvalue weighted by atomic mass is 10.0. The van der Waals surface area contributed by atoms with Crippen LogP contribution in [-0.4, -0.2) is 35.4 Å². The van der Waals surface area contributed by atoms with Crippen molar-refractivity contribution in [1.29, 1.82) is 0 Å². The van der Waals surface area contributed by atoms with Gasteiger partial charge >= 0.3 is 0 Å². The van der Waals surface area contributed by atoms with Crippen LogP contribution in [0.1, 0.15) is 84.8 Å². The summed E-state index contributed by atoms with van der Waals surface area (Å²) in [7, 11) is 9.53. The molecule has 0 aliphatic rings. The van der Waals surface area contributed by atoms with E-state index >= 15 is 0 Å². The number of aryl methyl sites for hydroxylation is 14. The summed E-state index contributed by atoms with van der Waals surface area (Å²) in [5, 5.41) is 0. The molecule has 0 bridgehead atoms. The summed E-state index contributed by atoms with van der Waals surface area (Å²) < 4.78 is 9.94. The summed E-state index contributed by atoms with van der Waals surface area (Å²) in [6, 6.07) is 142. The molecule has 0 aliphatic carbocycles. The monoisotopic (exact) mass is 1610 g/mol. The lowest BCUT2D eigenvalue weighted by Gasteiger charge is -2.25. The molecule has 16 aromatic rings. The minimum absolute atomic E-state index is 0.879. The Kier molecular flexibility index (Phi) is 38.8. The van der Waals surface area contributed by atoms with Gasteiger partial charge in [0.15, 0.2) is 0 Å². The van der Waals surface area contributed by atoms with Crippen LogP contribution in [0.5, 0.6) is 11.5 Å². The van der Waals surface area contributed by atoms with Crippen LogP contribution < -0.4 is 24.3 Å². The third-order valence-corrected chi connectivity index (χ3v) is 20.3. The second-order valence-electron chi connectivity index (χ2n) is 31.0. The van der Waals surface area contributed by atoms with E-state index in [2.05, 4.69) is 482 Å². The Bertz CT molecular complexity index is 5320. The Morgan fingerprint density at radius 2 is 0.336 bits per heavy atom. The van der Waals surface area contributed by atoms with E-state index in [0.717, 1.165) is 17.9 Å². The van der Waals surface area contributed by atoms with E-state index < -0.39 is 0 Å². The van der Waals surface area contributed by atoms with Crippen molar-refractivity contribution < 1.29 is 9.47 Å². The van der Waals surface area contributed by atoms with Crippen LogP contribution in [-0.2, 0) is 11.2 Å². The Labute approximate surface area is 732 Å². The van der Waals surface area contributed by atoms with E-state index in [1.54, 1.807) is 14.2 Å². The van der Waals surface area contributed by atoms with E-state index in [4.69, 9.17) is 4.74 Å². The first-order valence-corrected chi connectivity index (χ1v) is 42.0. The zero-order valence-corrected chi connectivity index (χ0v) is 75.5. The fourth-order valence-electron chi connectivity index (χ4n) is 12.4. The maximum absolute atomic E-state index is 5.69. The van der Waals surface area contributed by atoms with Gasteiger partial charge in [0.25, 0.3) is 0 Å². The highest BCUT2D eigenvalue weighted by Gasteiger charge is 2.13. The van der Waals surface area contributed by atoms with Gasteiger partial charge in [-0.05, 0) is 258 Å². The maximum atomic E-state index is 5.69. The lowest BCUT2D eigenvalue weighted by molar-refractivity contribution is 0.277. The Balaban J connectivity index is 0.000000175. The molecule has 16 aromatic carbocycles. The molecule has 0 heterocycles. The standard InChI is InChI=1S/2C20H19N.C15H17N.C14H15N.C14H14O.C14H14.C9H12.C8H10.C2H6O/c1-16-8-12-19(13-9-16)21(2)20-14-10-18(11-15-20)17-6-4-3-5-7-17;1-16-8-12-19(13-9-16)21(18-6-4-3-5-7-18)20-14-10-17(2)11-15-20;1-12-4-8-14(9-5-12)16(3)15-10-6-13(2)7-11-15;1-12-8-10-14(11-9-12)15(2)13-6-4-3-5-7-13;1-11-3-7-13(8-4-11)15-14-9-5-12(2)6-10-14;1-11-3-7-13(8-4-11)14-9-5-12(2)6-10-14;1-3-9-6-4-8(2)5-7-9;1-7-3-5-8(2)6-4-7;1-3-2/h2*3-15H,1-2H3;4-11H,1-3H3;3-11H,1-2H3;3-10H,1-2H3;3-10H,1-2H3;4-7H,3H2,1-2H3;3-6H,1-2H3;1-2H3. The second kappa shape index (κ2) is 50.4. The van der Waals surface area contributed by atoms with Crippen molar-refractivity contribution in [1.82, 2.24) is 0 Å². The zero-order chi connectivity index (χ0) is 87.6. The van der Waals surface area contributed by atoms with Crippen molar-refractivity contribution in [3.8, 4) is 33.8 Å². The van der Waals surface area contributed by atoms with Crippen LogP contribution in [0.15, 0.2) is 406 Å². The number of methoxy groups -OCH3 is 1.